The van der Waals surface area contributed by atoms with Crippen LogP contribution in [0.3, 0.4) is 0 Å². The van der Waals surface area contributed by atoms with E-state index in [2.05, 4.69) is 181 Å². The second-order valence-electron chi connectivity index (χ2n) is 10.2. The Morgan fingerprint density at radius 3 is 1.61 bits per heavy atom. The van der Waals surface area contributed by atoms with Crippen molar-refractivity contribution in [2.24, 2.45) is 0 Å². The molecule has 0 saturated carbocycles. The highest BCUT2D eigenvalue weighted by Gasteiger charge is 2.16. The van der Waals surface area contributed by atoms with E-state index in [1.54, 1.807) is 0 Å². The van der Waals surface area contributed by atoms with Crippen molar-refractivity contribution in [3.05, 3.63) is 176 Å². The fraction of sp³-hybridized carbons (Fsp3) is 0. The van der Waals surface area contributed by atoms with Gasteiger partial charge in [0.25, 0.3) is 0 Å². The summed E-state index contributed by atoms with van der Waals surface area (Å²) in [6, 6.07) is 62.8. The predicted octanol–water partition coefficient (Wildman–Crippen LogP) is 11.3. The second-order valence-corrected chi connectivity index (χ2v) is 10.2. The number of para-hydroxylation sites is 2. The van der Waals surface area contributed by atoms with E-state index in [0.29, 0.717) is 0 Å². The first-order valence-corrected chi connectivity index (χ1v) is 14.0. The number of nitrogens with zero attached hydrogens (tertiary/aromatic N) is 1. The molecule has 0 atom stereocenters. The Kier molecular flexibility index (Phi) is 6.61. The quantitative estimate of drug-likeness (QED) is 0.209. The first-order chi connectivity index (χ1) is 20.3. The van der Waals surface area contributed by atoms with Crippen molar-refractivity contribution in [1.29, 1.82) is 0 Å². The van der Waals surface area contributed by atoms with Crippen molar-refractivity contribution >= 4 is 27.8 Å². The average molecular weight is 524 g/mol. The normalized spacial score (nSPS) is 10.9. The van der Waals surface area contributed by atoms with Crippen LogP contribution in [0.5, 0.6) is 0 Å². The number of benzene rings is 7. The first-order valence-electron chi connectivity index (χ1n) is 14.0. The van der Waals surface area contributed by atoms with Crippen LogP contribution in [0.4, 0.5) is 17.1 Å². The zero-order valence-electron chi connectivity index (χ0n) is 22.7. The summed E-state index contributed by atoms with van der Waals surface area (Å²) in [5, 5.41) is 2.52. The van der Waals surface area contributed by atoms with E-state index in [1.165, 1.54) is 44.2 Å². The van der Waals surface area contributed by atoms with Crippen LogP contribution in [-0.4, -0.2) is 0 Å². The maximum absolute atomic E-state index is 2.34. The van der Waals surface area contributed by atoms with E-state index in [1.807, 2.05) is 0 Å². The van der Waals surface area contributed by atoms with Crippen molar-refractivity contribution < 1.29 is 0 Å². The maximum atomic E-state index is 2.34. The Hall–Kier alpha value is -5.40. The van der Waals surface area contributed by atoms with Crippen molar-refractivity contribution in [3.63, 3.8) is 0 Å². The van der Waals surface area contributed by atoms with Crippen LogP contribution in [0, 0.1) is 0 Å². The minimum atomic E-state index is 1.12. The van der Waals surface area contributed by atoms with Gasteiger partial charge in [0.1, 0.15) is 0 Å². The van der Waals surface area contributed by atoms with Gasteiger partial charge in [-0.1, -0.05) is 133 Å². The van der Waals surface area contributed by atoms with E-state index < -0.39 is 0 Å². The zero-order valence-corrected chi connectivity index (χ0v) is 22.7. The maximum Gasteiger partial charge on any atom is 0.0540 e. The molecule has 0 amide bonds. The summed E-state index contributed by atoms with van der Waals surface area (Å²) in [6.45, 7) is 0. The van der Waals surface area contributed by atoms with Crippen LogP contribution < -0.4 is 4.90 Å². The van der Waals surface area contributed by atoms with Crippen molar-refractivity contribution in [3.8, 4) is 33.4 Å². The smallest absolute Gasteiger partial charge is 0.0540 e. The third-order valence-electron chi connectivity index (χ3n) is 7.65. The number of hydrogen-bond acceptors (Lipinski definition) is 1. The molecule has 0 radical (unpaired) electrons. The molecule has 7 aromatic rings. The van der Waals surface area contributed by atoms with Crippen LogP contribution in [0.1, 0.15) is 0 Å². The number of anilines is 3. The molecule has 0 bridgehead atoms. The van der Waals surface area contributed by atoms with E-state index in [-0.39, 0.29) is 0 Å². The monoisotopic (exact) mass is 523 g/mol. The van der Waals surface area contributed by atoms with Gasteiger partial charge in [-0.3, -0.25) is 0 Å². The van der Waals surface area contributed by atoms with Crippen LogP contribution in [0.25, 0.3) is 44.2 Å². The van der Waals surface area contributed by atoms with Crippen LogP contribution in [0.15, 0.2) is 176 Å². The lowest BCUT2D eigenvalue weighted by atomic mass is 9.97. The molecular formula is C40H29N. The molecule has 0 saturated heterocycles. The molecule has 0 spiro atoms. The minimum absolute atomic E-state index is 1.12. The summed E-state index contributed by atoms with van der Waals surface area (Å²) >= 11 is 0. The molecule has 41 heavy (non-hydrogen) atoms. The SMILES string of the molecule is c1ccc(-c2ccccc2N(c2ccccc2)c2ccc(-c3cccc(-c4ccc5ccccc5c4)c3)cc2)cc1. The number of hydrogen-bond donors (Lipinski definition) is 0. The Morgan fingerprint density at radius 2 is 0.829 bits per heavy atom. The Morgan fingerprint density at radius 1 is 0.293 bits per heavy atom. The first kappa shape index (κ1) is 24.6. The molecule has 0 aliphatic carbocycles. The van der Waals surface area contributed by atoms with Gasteiger partial charge in [-0.05, 0) is 81.1 Å². The molecule has 1 heteroatoms. The van der Waals surface area contributed by atoms with E-state index in [0.717, 1.165) is 17.1 Å². The van der Waals surface area contributed by atoms with Crippen molar-refractivity contribution in [1.82, 2.24) is 0 Å². The van der Waals surface area contributed by atoms with Crippen LogP contribution in [0.2, 0.25) is 0 Å². The van der Waals surface area contributed by atoms with E-state index in [4.69, 9.17) is 0 Å². The highest BCUT2D eigenvalue weighted by Crippen LogP contribution is 2.41. The molecule has 0 aliphatic rings. The third-order valence-corrected chi connectivity index (χ3v) is 7.65. The lowest BCUT2D eigenvalue weighted by Gasteiger charge is -2.28. The summed E-state index contributed by atoms with van der Waals surface area (Å²) in [4.78, 5) is 2.34. The van der Waals surface area contributed by atoms with E-state index >= 15 is 0 Å². The predicted molar refractivity (Wildman–Crippen MR) is 175 cm³/mol. The van der Waals surface area contributed by atoms with Gasteiger partial charge in [0.05, 0.1) is 5.69 Å². The lowest BCUT2D eigenvalue weighted by molar-refractivity contribution is 1.28. The highest BCUT2D eigenvalue weighted by atomic mass is 15.1. The van der Waals surface area contributed by atoms with Gasteiger partial charge in [0.2, 0.25) is 0 Å². The van der Waals surface area contributed by atoms with Gasteiger partial charge in [-0.25, -0.2) is 0 Å². The average Bonchev–Trinajstić information content (AvgIpc) is 3.06. The van der Waals surface area contributed by atoms with Gasteiger partial charge in [0, 0.05) is 16.9 Å². The molecule has 194 valence electrons. The van der Waals surface area contributed by atoms with Gasteiger partial charge in [-0.2, -0.15) is 0 Å². The van der Waals surface area contributed by atoms with Crippen molar-refractivity contribution in [2.45, 2.75) is 0 Å². The number of rotatable bonds is 6. The largest absolute Gasteiger partial charge is 0.310 e. The molecular weight excluding hydrogens is 494 g/mol. The van der Waals surface area contributed by atoms with Gasteiger partial charge >= 0.3 is 0 Å². The van der Waals surface area contributed by atoms with E-state index in [9.17, 15) is 0 Å². The zero-order chi connectivity index (χ0) is 27.4. The Bertz CT molecular complexity index is 1920. The molecule has 0 aromatic heterocycles. The lowest BCUT2D eigenvalue weighted by Crippen LogP contribution is -2.11. The molecule has 7 aromatic carbocycles. The molecule has 0 heterocycles. The molecule has 0 N–H and O–H groups in total. The van der Waals surface area contributed by atoms with Crippen LogP contribution >= 0.6 is 0 Å². The number of fused-ring (bicyclic) bond motifs is 1. The third kappa shape index (κ3) is 5.02. The van der Waals surface area contributed by atoms with Gasteiger partial charge in [0.15, 0.2) is 0 Å². The molecule has 7 rings (SSSR count). The molecule has 0 unspecified atom stereocenters. The van der Waals surface area contributed by atoms with Gasteiger partial charge in [-0.15, -0.1) is 0 Å². The highest BCUT2D eigenvalue weighted by molar-refractivity contribution is 5.89. The summed E-state index contributed by atoms with van der Waals surface area (Å²) in [7, 11) is 0. The van der Waals surface area contributed by atoms with Gasteiger partial charge < -0.3 is 4.90 Å². The standard InChI is InChI=1S/C40H29N/c1-3-13-32(14-4-1)39-20-9-10-21-40(39)41(37-18-5-2-6-19-37)38-26-24-31(25-27-38)34-16-11-17-35(28-34)36-23-22-30-12-7-8-15-33(30)29-36/h1-29H. The summed E-state index contributed by atoms with van der Waals surface area (Å²) in [5.41, 5.74) is 10.6. The fourth-order valence-electron chi connectivity index (χ4n) is 5.58. The molecule has 0 aliphatic heterocycles. The summed E-state index contributed by atoms with van der Waals surface area (Å²) < 4.78 is 0. The molecule has 0 fully saturated rings. The van der Waals surface area contributed by atoms with Crippen molar-refractivity contribution in [2.75, 3.05) is 4.90 Å². The van der Waals surface area contributed by atoms with Crippen LogP contribution in [-0.2, 0) is 0 Å². The fourth-order valence-corrected chi connectivity index (χ4v) is 5.58. The topological polar surface area (TPSA) is 3.24 Å². The summed E-state index contributed by atoms with van der Waals surface area (Å²) in [6.07, 6.45) is 0. The minimum Gasteiger partial charge on any atom is -0.310 e. The Labute approximate surface area is 241 Å². The Balaban J connectivity index is 1.27. The summed E-state index contributed by atoms with van der Waals surface area (Å²) in [5.74, 6) is 0. The second kappa shape index (κ2) is 11.0. The molecule has 1 nitrogen and oxygen atoms in total.